The van der Waals surface area contributed by atoms with Crippen molar-refractivity contribution in [2.75, 3.05) is 13.1 Å². The number of aromatic nitrogens is 2. The van der Waals surface area contributed by atoms with Crippen LogP contribution in [0.25, 0.3) is 5.69 Å². The lowest BCUT2D eigenvalue weighted by molar-refractivity contribution is 0.712. The van der Waals surface area contributed by atoms with Crippen molar-refractivity contribution in [3.63, 3.8) is 0 Å². The number of hydrogen-bond donors (Lipinski definition) is 1. The van der Waals surface area contributed by atoms with Crippen molar-refractivity contribution in [1.82, 2.24) is 15.1 Å². The first-order valence-electron chi connectivity index (χ1n) is 6.65. The SMILES string of the molecule is CCNCCc1c(C)nn(-c2ccccc2Br)c1C. The summed E-state index contributed by atoms with van der Waals surface area (Å²) in [6.45, 7) is 8.36. The second-order valence-electron chi connectivity index (χ2n) is 4.62. The van der Waals surface area contributed by atoms with E-state index in [0.29, 0.717) is 0 Å². The summed E-state index contributed by atoms with van der Waals surface area (Å²) < 4.78 is 3.10. The van der Waals surface area contributed by atoms with E-state index < -0.39 is 0 Å². The van der Waals surface area contributed by atoms with Crippen molar-refractivity contribution >= 4 is 15.9 Å². The van der Waals surface area contributed by atoms with Gasteiger partial charge < -0.3 is 5.32 Å². The molecule has 0 unspecified atom stereocenters. The molecule has 19 heavy (non-hydrogen) atoms. The molecule has 1 N–H and O–H groups in total. The van der Waals surface area contributed by atoms with Crippen molar-refractivity contribution in [2.24, 2.45) is 0 Å². The molecule has 0 spiro atoms. The van der Waals surface area contributed by atoms with Crippen LogP contribution in [0.1, 0.15) is 23.9 Å². The summed E-state index contributed by atoms with van der Waals surface area (Å²) in [5, 5.41) is 8.04. The topological polar surface area (TPSA) is 29.9 Å². The lowest BCUT2D eigenvalue weighted by Gasteiger charge is -2.07. The molecule has 0 aliphatic carbocycles. The van der Waals surface area contributed by atoms with Crippen LogP contribution < -0.4 is 5.32 Å². The first-order valence-corrected chi connectivity index (χ1v) is 7.45. The van der Waals surface area contributed by atoms with Crippen molar-refractivity contribution in [2.45, 2.75) is 27.2 Å². The van der Waals surface area contributed by atoms with Gasteiger partial charge >= 0.3 is 0 Å². The van der Waals surface area contributed by atoms with Crippen molar-refractivity contribution in [1.29, 1.82) is 0 Å². The van der Waals surface area contributed by atoms with E-state index in [2.05, 4.69) is 53.2 Å². The van der Waals surface area contributed by atoms with E-state index in [1.807, 2.05) is 22.9 Å². The average molecular weight is 322 g/mol. The highest BCUT2D eigenvalue weighted by atomic mass is 79.9. The van der Waals surface area contributed by atoms with Crippen LogP contribution in [0, 0.1) is 13.8 Å². The van der Waals surface area contributed by atoms with Crippen LogP contribution in [-0.4, -0.2) is 22.9 Å². The van der Waals surface area contributed by atoms with E-state index in [0.717, 1.165) is 35.4 Å². The molecule has 0 aliphatic rings. The summed E-state index contributed by atoms with van der Waals surface area (Å²) in [4.78, 5) is 0. The summed E-state index contributed by atoms with van der Waals surface area (Å²) in [6, 6.07) is 8.18. The highest BCUT2D eigenvalue weighted by Gasteiger charge is 2.13. The van der Waals surface area contributed by atoms with Gasteiger partial charge in [-0.3, -0.25) is 0 Å². The number of hydrogen-bond acceptors (Lipinski definition) is 2. The van der Waals surface area contributed by atoms with Gasteiger partial charge in [0.1, 0.15) is 0 Å². The largest absolute Gasteiger partial charge is 0.317 e. The number of likely N-dealkylation sites (N-methyl/N-ethyl adjacent to an activating group) is 1. The highest BCUT2D eigenvalue weighted by Crippen LogP contribution is 2.24. The second kappa shape index (κ2) is 6.35. The highest BCUT2D eigenvalue weighted by molar-refractivity contribution is 9.10. The normalized spacial score (nSPS) is 10.9. The minimum Gasteiger partial charge on any atom is -0.317 e. The summed E-state index contributed by atoms with van der Waals surface area (Å²) in [7, 11) is 0. The molecule has 3 nitrogen and oxygen atoms in total. The number of nitrogens with one attached hydrogen (secondary N) is 1. The molecule has 2 rings (SSSR count). The Labute approximate surface area is 123 Å². The Morgan fingerprint density at radius 2 is 2.00 bits per heavy atom. The average Bonchev–Trinajstić information content (AvgIpc) is 2.67. The first kappa shape index (κ1) is 14.3. The third-order valence-electron chi connectivity index (χ3n) is 3.32. The number of halogens is 1. The Bertz CT molecular complexity index is 561. The molecule has 1 aromatic carbocycles. The van der Waals surface area contributed by atoms with Crippen molar-refractivity contribution in [3.8, 4) is 5.69 Å². The maximum atomic E-state index is 4.68. The lowest BCUT2D eigenvalue weighted by Crippen LogP contribution is -2.16. The Kier molecular flexibility index (Phi) is 4.77. The van der Waals surface area contributed by atoms with Gasteiger partial charge in [0, 0.05) is 10.2 Å². The van der Waals surface area contributed by atoms with E-state index in [1.165, 1.54) is 11.3 Å². The number of para-hydroxylation sites is 1. The van der Waals surface area contributed by atoms with Crippen LogP contribution in [0.5, 0.6) is 0 Å². The molecule has 2 aromatic rings. The Morgan fingerprint density at radius 3 is 2.68 bits per heavy atom. The first-order chi connectivity index (χ1) is 9.15. The van der Waals surface area contributed by atoms with Crippen molar-refractivity contribution in [3.05, 3.63) is 45.7 Å². The van der Waals surface area contributed by atoms with Crippen LogP contribution in [0.4, 0.5) is 0 Å². The molecular formula is C15H20BrN3. The molecule has 0 radical (unpaired) electrons. The standard InChI is InChI=1S/C15H20BrN3/c1-4-17-10-9-13-11(2)18-19(12(13)3)15-8-6-5-7-14(15)16/h5-8,17H,4,9-10H2,1-3H3. The third-order valence-corrected chi connectivity index (χ3v) is 3.99. The molecule has 0 amide bonds. The zero-order valence-electron chi connectivity index (χ0n) is 11.7. The monoisotopic (exact) mass is 321 g/mol. The van der Waals surface area contributed by atoms with E-state index >= 15 is 0 Å². The predicted molar refractivity (Wildman–Crippen MR) is 83.0 cm³/mol. The van der Waals surface area contributed by atoms with Gasteiger partial charge in [0.15, 0.2) is 0 Å². The quantitative estimate of drug-likeness (QED) is 0.855. The molecule has 1 heterocycles. The second-order valence-corrected chi connectivity index (χ2v) is 5.47. The molecule has 102 valence electrons. The molecule has 0 saturated carbocycles. The minimum atomic E-state index is 1.000. The van der Waals surface area contributed by atoms with Gasteiger partial charge in [-0.15, -0.1) is 0 Å². The molecule has 0 fully saturated rings. The summed E-state index contributed by atoms with van der Waals surface area (Å²) >= 11 is 3.59. The summed E-state index contributed by atoms with van der Waals surface area (Å²) in [6.07, 6.45) is 1.02. The Morgan fingerprint density at radius 1 is 1.26 bits per heavy atom. The number of nitrogens with zero attached hydrogens (tertiary/aromatic N) is 2. The smallest absolute Gasteiger partial charge is 0.0790 e. The van der Waals surface area contributed by atoms with Gasteiger partial charge in [-0.05, 0) is 67.0 Å². The molecule has 0 atom stereocenters. The molecule has 0 aliphatic heterocycles. The minimum absolute atomic E-state index is 1.000. The summed E-state index contributed by atoms with van der Waals surface area (Å²) in [5.74, 6) is 0. The molecule has 0 bridgehead atoms. The number of aryl methyl sites for hydroxylation is 1. The van der Waals surface area contributed by atoms with Crippen LogP contribution in [0.3, 0.4) is 0 Å². The summed E-state index contributed by atoms with van der Waals surface area (Å²) in [5.41, 5.74) is 4.78. The van der Waals surface area contributed by atoms with E-state index in [1.54, 1.807) is 0 Å². The molecule has 1 aromatic heterocycles. The predicted octanol–water partition coefficient (Wildman–Crippen LogP) is 3.40. The van der Waals surface area contributed by atoms with Gasteiger partial charge in [-0.25, -0.2) is 4.68 Å². The molecular weight excluding hydrogens is 302 g/mol. The van der Waals surface area contributed by atoms with E-state index in [-0.39, 0.29) is 0 Å². The van der Waals surface area contributed by atoms with E-state index in [4.69, 9.17) is 0 Å². The fourth-order valence-corrected chi connectivity index (χ4v) is 2.74. The Balaban J connectivity index is 2.33. The Hall–Kier alpha value is -1.13. The van der Waals surface area contributed by atoms with E-state index in [9.17, 15) is 0 Å². The zero-order chi connectivity index (χ0) is 13.8. The maximum absolute atomic E-state index is 4.68. The van der Waals surface area contributed by atoms with Gasteiger partial charge in [0.2, 0.25) is 0 Å². The van der Waals surface area contributed by atoms with Crippen LogP contribution >= 0.6 is 15.9 Å². The maximum Gasteiger partial charge on any atom is 0.0790 e. The van der Waals surface area contributed by atoms with Gasteiger partial charge in [0.05, 0.1) is 11.4 Å². The van der Waals surface area contributed by atoms with Gasteiger partial charge in [0.25, 0.3) is 0 Å². The fraction of sp³-hybridized carbons (Fsp3) is 0.400. The van der Waals surface area contributed by atoms with Gasteiger partial charge in [-0.2, -0.15) is 5.10 Å². The van der Waals surface area contributed by atoms with Gasteiger partial charge in [-0.1, -0.05) is 19.1 Å². The van der Waals surface area contributed by atoms with Crippen LogP contribution in [0.15, 0.2) is 28.7 Å². The fourth-order valence-electron chi connectivity index (χ4n) is 2.29. The van der Waals surface area contributed by atoms with Crippen LogP contribution in [0.2, 0.25) is 0 Å². The van der Waals surface area contributed by atoms with Crippen LogP contribution in [-0.2, 0) is 6.42 Å². The third kappa shape index (κ3) is 3.07. The molecule has 4 heteroatoms. The molecule has 0 saturated heterocycles. The number of benzene rings is 1. The lowest BCUT2D eigenvalue weighted by atomic mass is 10.1. The zero-order valence-corrected chi connectivity index (χ0v) is 13.3. The number of rotatable bonds is 5. The van der Waals surface area contributed by atoms with Crippen molar-refractivity contribution < 1.29 is 0 Å².